The Bertz CT molecular complexity index is 1070. The van der Waals surface area contributed by atoms with Crippen molar-refractivity contribution in [2.45, 2.75) is 26.3 Å². The van der Waals surface area contributed by atoms with Crippen molar-refractivity contribution in [3.63, 3.8) is 0 Å². The summed E-state index contributed by atoms with van der Waals surface area (Å²) in [4.78, 5) is 13.1. The molecule has 0 aliphatic heterocycles. The normalized spacial score (nSPS) is 12.3. The predicted molar refractivity (Wildman–Crippen MR) is 109 cm³/mol. The molecule has 0 saturated carbocycles. The zero-order chi connectivity index (χ0) is 22.5. The largest absolute Gasteiger partial charge is 0.486 e. The first kappa shape index (κ1) is 22.5. The number of anilines is 1. The zero-order valence-electron chi connectivity index (χ0n) is 17.6. The maximum absolute atomic E-state index is 14.6. The highest BCUT2D eigenvalue weighted by molar-refractivity contribution is 5.88. The third-order valence-electron chi connectivity index (χ3n) is 4.58. The van der Waals surface area contributed by atoms with Crippen LogP contribution in [0.3, 0.4) is 0 Å². The van der Waals surface area contributed by atoms with Crippen molar-refractivity contribution in [3.8, 4) is 11.6 Å². The van der Waals surface area contributed by atoms with E-state index in [-0.39, 0.29) is 18.1 Å². The minimum absolute atomic E-state index is 0.0975. The van der Waals surface area contributed by atoms with Gasteiger partial charge in [0, 0.05) is 18.7 Å². The lowest BCUT2D eigenvalue weighted by Crippen LogP contribution is -2.13. The van der Waals surface area contributed by atoms with Crippen LogP contribution in [0.5, 0.6) is 11.6 Å². The highest BCUT2D eigenvalue weighted by Gasteiger charge is 2.21. The number of methoxy groups -OCH3 is 2. The number of ether oxygens (including phenoxy) is 3. The van der Waals surface area contributed by atoms with E-state index in [0.717, 1.165) is 6.07 Å². The molecule has 3 rings (SSSR count). The van der Waals surface area contributed by atoms with E-state index in [1.165, 1.54) is 19.2 Å². The maximum Gasteiger partial charge on any atom is 0.266 e. The number of benzene rings is 1. The number of nitrogens with one attached hydrogen (secondary N) is 1. The summed E-state index contributed by atoms with van der Waals surface area (Å²) in [5, 5.41) is 3.59. The van der Waals surface area contributed by atoms with Gasteiger partial charge in [0.2, 0.25) is 0 Å². The number of pyridine rings is 1. The molecule has 0 aliphatic carbocycles. The molecule has 3 aromatic rings. The van der Waals surface area contributed by atoms with E-state index in [2.05, 4.69) is 20.3 Å². The van der Waals surface area contributed by atoms with Gasteiger partial charge in [0.15, 0.2) is 11.4 Å². The van der Waals surface area contributed by atoms with Crippen molar-refractivity contribution < 1.29 is 27.4 Å². The van der Waals surface area contributed by atoms with Crippen molar-refractivity contribution in [1.82, 2.24) is 15.0 Å². The molecule has 2 heterocycles. The Labute approximate surface area is 177 Å². The number of hydrogen-bond donors (Lipinski definition) is 1. The second-order valence-electron chi connectivity index (χ2n) is 6.74. The fourth-order valence-electron chi connectivity index (χ4n) is 3.08. The lowest BCUT2D eigenvalue weighted by molar-refractivity contribution is 0.144. The van der Waals surface area contributed by atoms with Gasteiger partial charge in [-0.3, -0.25) is 0 Å². The Balaban J connectivity index is 2.01. The molecule has 0 saturated heterocycles. The van der Waals surface area contributed by atoms with Crippen molar-refractivity contribution in [2.75, 3.05) is 32.8 Å². The number of nitrogens with zero attached hydrogens (tertiary/aromatic N) is 3. The van der Waals surface area contributed by atoms with Crippen LogP contribution in [0.1, 0.15) is 36.3 Å². The topological polar surface area (TPSA) is 78.4 Å². The summed E-state index contributed by atoms with van der Waals surface area (Å²) in [5.74, 6) is 0.448. The minimum Gasteiger partial charge on any atom is -0.486 e. The van der Waals surface area contributed by atoms with Crippen molar-refractivity contribution in [2.24, 2.45) is 0 Å². The van der Waals surface area contributed by atoms with Gasteiger partial charge in [-0.25, -0.2) is 23.1 Å². The molecule has 1 atom stereocenters. The molecule has 31 heavy (non-hydrogen) atoms. The van der Waals surface area contributed by atoms with Gasteiger partial charge in [0.1, 0.15) is 24.1 Å². The number of alkyl halides is 2. The lowest BCUT2D eigenvalue weighted by Gasteiger charge is -2.19. The van der Waals surface area contributed by atoms with Crippen LogP contribution in [0, 0.1) is 12.7 Å². The third kappa shape index (κ3) is 4.96. The minimum atomic E-state index is -2.90. The summed E-state index contributed by atoms with van der Waals surface area (Å²) in [6, 6.07) is 4.93. The monoisotopic (exact) mass is 436 g/mol. The Morgan fingerprint density at radius 3 is 2.48 bits per heavy atom. The Morgan fingerprint density at radius 2 is 1.81 bits per heavy atom. The van der Waals surface area contributed by atoms with Gasteiger partial charge in [-0.2, -0.15) is 4.98 Å². The quantitative estimate of drug-likeness (QED) is 0.491. The first-order chi connectivity index (χ1) is 14.8. The first-order valence-corrected chi connectivity index (χ1v) is 9.53. The van der Waals surface area contributed by atoms with Gasteiger partial charge in [-0.05, 0) is 13.8 Å². The summed E-state index contributed by atoms with van der Waals surface area (Å²) >= 11 is 0. The summed E-state index contributed by atoms with van der Waals surface area (Å²) < 4.78 is 56.7. The molecular weight excluding hydrogens is 413 g/mol. The van der Waals surface area contributed by atoms with Gasteiger partial charge in [-0.15, -0.1) is 0 Å². The highest BCUT2D eigenvalue weighted by Crippen LogP contribution is 2.34. The molecule has 0 amide bonds. The maximum atomic E-state index is 14.6. The molecular formula is C21H23F3N4O3. The highest BCUT2D eigenvalue weighted by atomic mass is 19.3. The predicted octanol–water partition coefficient (Wildman–Crippen LogP) is 4.62. The van der Waals surface area contributed by atoms with Gasteiger partial charge in [0.05, 0.1) is 30.7 Å². The fraction of sp³-hybridized carbons (Fsp3) is 0.381. The number of halogens is 3. The van der Waals surface area contributed by atoms with Crippen LogP contribution < -0.4 is 14.8 Å². The number of fused-ring (bicyclic) bond motifs is 1. The van der Waals surface area contributed by atoms with Crippen LogP contribution in [0.2, 0.25) is 0 Å². The van der Waals surface area contributed by atoms with Gasteiger partial charge < -0.3 is 19.5 Å². The molecule has 10 heteroatoms. The van der Waals surface area contributed by atoms with Gasteiger partial charge >= 0.3 is 0 Å². The molecule has 7 nitrogen and oxygen atoms in total. The Kier molecular flexibility index (Phi) is 7.11. The second kappa shape index (κ2) is 9.78. The molecule has 166 valence electrons. The van der Waals surface area contributed by atoms with E-state index in [9.17, 15) is 13.2 Å². The molecule has 1 N–H and O–H groups in total. The SMILES string of the molecule is COCCOc1cc2c(N[C@H](C)c3cccc(C(F)F)c3F)nc(C)nc2nc1OC. The van der Waals surface area contributed by atoms with E-state index in [1.54, 1.807) is 27.0 Å². The summed E-state index contributed by atoms with van der Waals surface area (Å²) in [6.45, 7) is 3.99. The Hall–Kier alpha value is -3.14. The number of aromatic nitrogens is 3. The second-order valence-corrected chi connectivity index (χ2v) is 6.74. The zero-order valence-corrected chi connectivity index (χ0v) is 17.6. The van der Waals surface area contributed by atoms with Gasteiger partial charge in [0.25, 0.3) is 12.3 Å². The van der Waals surface area contributed by atoms with Crippen LogP contribution >= 0.6 is 0 Å². The van der Waals surface area contributed by atoms with E-state index < -0.39 is 23.8 Å². The molecule has 0 fully saturated rings. The van der Waals surface area contributed by atoms with Crippen LogP contribution in [0.4, 0.5) is 19.0 Å². The van der Waals surface area contributed by atoms with Crippen LogP contribution in [-0.4, -0.2) is 42.4 Å². The van der Waals surface area contributed by atoms with E-state index in [1.807, 2.05) is 0 Å². The molecule has 0 aliphatic rings. The summed E-state index contributed by atoms with van der Waals surface area (Å²) in [7, 11) is 3.02. The molecule has 2 aromatic heterocycles. The van der Waals surface area contributed by atoms with Crippen molar-refractivity contribution in [1.29, 1.82) is 0 Å². The number of rotatable bonds is 9. The van der Waals surface area contributed by atoms with E-state index >= 15 is 0 Å². The van der Waals surface area contributed by atoms with Gasteiger partial charge in [-0.1, -0.05) is 18.2 Å². The third-order valence-corrected chi connectivity index (χ3v) is 4.58. The van der Waals surface area contributed by atoms with Crippen molar-refractivity contribution in [3.05, 3.63) is 47.0 Å². The lowest BCUT2D eigenvalue weighted by atomic mass is 10.0. The standard InChI is InChI=1S/C21H23F3N4O3/c1-11(13-6-5-7-14(17(13)22)18(23)24)25-19-15-10-16(31-9-8-29-3)21(30-4)28-20(15)27-12(2)26-19/h5-7,10-11,18H,8-9H2,1-4H3,(H,25,26,27,28)/t11-/m1/s1. The molecule has 0 bridgehead atoms. The molecule has 0 spiro atoms. The van der Waals surface area contributed by atoms with Crippen LogP contribution in [0.25, 0.3) is 11.0 Å². The number of aryl methyl sites for hydroxylation is 1. The van der Waals surface area contributed by atoms with Crippen LogP contribution in [0.15, 0.2) is 24.3 Å². The summed E-state index contributed by atoms with van der Waals surface area (Å²) in [6.07, 6.45) is -2.90. The van der Waals surface area contributed by atoms with Crippen LogP contribution in [-0.2, 0) is 4.74 Å². The molecule has 0 unspecified atom stereocenters. The van der Waals surface area contributed by atoms with Crippen molar-refractivity contribution >= 4 is 16.9 Å². The van der Waals surface area contributed by atoms with E-state index in [0.29, 0.717) is 35.0 Å². The first-order valence-electron chi connectivity index (χ1n) is 9.53. The smallest absolute Gasteiger partial charge is 0.266 e. The average Bonchev–Trinajstić information content (AvgIpc) is 2.73. The molecule has 1 aromatic carbocycles. The average molecular weight is 436 g/mol. The molecule has 0 radical (unpaired) electrons. The number of hydrogen-bond acceptors (Lipinski definition) is 7. The van der Waals surface area contributed by atoms with E-state index in [4.69, 9.17) is 14.2 Å². The fourth-order valence-corrected chi connectivity index (χ4v) is 3.08. The Morgan fingerprint density at radius 1 is 1.06 bits per heavy atom. The summed E-state index contributed by atoms with van der Waals surface area (Å²) in [5.41, 5.74) is -0.199.